The molecule has 0 atom stereocenters. The number of hydrogen-bond donors (Lipinski definition) is 1. The molecule has 0 unspecified atom stereocenters. The SMILES string of the molecule is NCC(=O)Oc1ccc(-c2ccc(CCC=O)o2)cc1. The van der Waals surface area contributed by atoms with Gasteiger partial charge in [0, 0.05) is 18.4 Å². The van der Waals surface area contributed by atoms with Gasteiger partial charge >= 0.3 is 5.97 Å². The zero-order chi connectivity index (χ0) is 14.4. The highest BCUT2D eigenvalue weighted by molar-refractivity contribution is 5.74. The smallest absolute Gasteiger partial charge is 0.325 e. The Morgan fingerprint density at radius 1 is 1.20 bits per heavy atom. The zero-order valence-electron chi connectivity index (χ0n) is 10.9. The van der Waals surface area contributed by atoms with Crippen LogP contribution in [0.5, 0.6) is 5.75 Å². The number of nitrogens with two attached hydrogens (primary N) is 1. The number of ether oxygens (including phenoxy) is 1. The summed E-state index contributed by atoms with van der Waals surface area (Å²) < 4.78 is 10.6. The molecule has 0 radical (unpaired) electrons. The molecule has 1 aromatic carbocycles. The van der Waals surface area contributed by atoms with Crippen molar-refractivity contribution in [2.75, 3.05) is 6.54 Å². The van der Waals surface area contributed by atoms with E-state index in [1.807, 2.05) is 12.1 Å². The maximum absolute atomic E-state index is 11.0. The van der Waals surface area contributed by atoms with Crippen molar-refractivity contribution in [2.24, 2.45) is 5.73 Å². The monoisotopic (exact) mass is 273 g/mol. The Labute approximate surface area is 116 Å². The minimum atomic E-state index is -0.480. The number of rotatable bonds is 6. The van der Waals surface area contributed by atoms with Crippen molar-refractivity contribution in [3.63, 3.8) is 0 Å². The van der Waals surface area contributed by atoms with Crippen LogP contribution in [0.4, 0.5) is 0 Å². The summed E-state index contributed by atoms with van der Waals surface area (Å²) in [5.74, 6) is 1.44. The number of esters is 1. The predicted octanol–water partition coefficient (Wildman–Crippen LogP) is 1.94. The molecule has 5 nitrogen and oxygen atoms in total. The zero-order valence-corrected chi connectivity index (χ0v) is 10.9. The molecule has 0 aliphatic heterocycles. The molecule has 0 saturated heterocycles. The molecule has 1 aromatic heterocycles. The molecule has 0 saturated carbocycles. The van der Waals surface area contributed by atoms with Gasteiger partial charge in [-0.25, -0.2) is 0 Å². The van der Waals surface area contributed by atoms with Crippen LogP contribution in [-0.4, -0.2) is 18.8 Å². The summed E-state index contributed by atoms with van der Waals surface area (Å²) in [6.45, 7) is -0.153. The van der Waals surface area contributed by atoms with Crippen molar-refractivity contribution in [3.05, 3.63) is 42.2 Å². The molecular weight excluding hydrogens is 258 g/mol. The summed E-state index contributed by atoms with van der Waals surface area (Å²) in [5, 5.41) is 0. The standard InChI is InChI=1S/C15H15NO4/c16-10-15(18)20-13-5-3-11(4-6-13)14-8-7-12(19-14)2-1-9-17/h3-9H,1-2,10,16H2. The number of furan rings is 1. The van der Waals surface area contributed by atoms with Crippen LogP contribution in [0.25, 0.3) is 11.3 Å². The van der Waals surface area contributed by atoms with E-state index in [1.165, 1.54) is 0 Å². The molecule has 2 N–H and O–H groups in total. The van der Waals surface area contributed by atoms with Crippen LogP contribution < -0.4 is 10.5 Å². The third kappa shape index (κ3) is 3.55. The second-order valence-corrected chi connectivity index (χ2v) is 4.17. The third-order valence-corrected chi connectivity index (χ3v) is 2.71. The van der Waals surface area contributed by atoms with E-state index in [2.05, 4.69) is 0 Å². The van der Waals surface area contributed by atoms with E-state index in [0.717, 1.165) is 17.6 Å². The highest BCUT2D eigenvalue weighted by Gasteiger charge is 2.06. The van der Waals surface area contributed by atoms with Crippen LogP contribution >= 0.6 is 0 Å². The van der Waals surface area contributed by atoms with Crippen molar-refractivity contribution >= 4 is 12.3 Å². The molecule has 2 rings (SSSR count). The van der Waals surface area contributed by atoms with Gasteiger partial charge in [-0.2, -0.15) is 0 Å². The Balaban J connectivity index is 2.07. The van der Waals surface area contributed by atoms with Crippen molar-refractivity contribution in [3.8, 4) is 17.1 Å². The number of aryl methyl sites for hydroxylation is 1. The summed E-state index contributed by atoms with van der Waals surface area (Å²) >= 11 is 0. The van der Waals surface area contributed by atoms with E-state index in [4.69, 9.17) is 14.9 Å². The Hall–Kier alpha value is -2.40. The molecule has 0 spiro atoms. The Morgan fingerprint density at radius 3 is 2.60 bits per heavy atom. The Kier molecular flexibility index (Phi) is 4.68. The maximum Gasteiger partial charge on any atom is 0.325 e. The second-order valence-electron chi connectivity index (χ2n) is 4.17. The number of hydrogen-bond acceptors (Lipinski definition) is 5. The van der Waals surface area contributed by atoms with Gasteiger partial charge in [0.1, 0.15) is 23.6 Å². The Bertz CT molecular complexity index is 586. The summed E-state index contributed by atoms with van der Waals surface area (Å²) in [4.78, 5) is 21.4. The topological polar surface area (TPSA) is 82.5 Å². The first-order valence-corrected chi connectivity index (χ1v) is 6.26. The molecule has 0 fully saturated rings. The molecule has 5 heteroatoms. The quantitative estimate of drug-likeness (QED) is 0.494. The Morgan fingerprint density at radius 2 is 1.95 bits per heavy atom. The number of carbonyl (C=O) groups excluding carboxylic acids is 2. The van der Waals surface area contributed by atoms with E-state index in [-0.39, 0.29) is 6.54 Å². The fourth-order valence-electron chi connectivity index (χ4n) is 1.73. The minimum absolute atomic E-state index is 0.153. The lowest BCUT2D eigenvalue weighted by atomic mass is 10.2. The van der Waals surface area contributed by atoms with Gasteiger partial charge in [-0.05, 0) is 36.4 Å². The average Bonchev–Trinajstić information content (AvgIpc) is 2.94. The van der Waals surface area contributed by atoms with E-state index in [9.17, 15) is 9.59 Å². The molecule has 0 aliphatic carbocycles. The van der Waals surface area contributed by atoms with Crippen LogP contribution in [0, 0.1) is 0 Å². The van der Waals surface area contributed by atoms with E-state index < -0.39 is 5.97 Å². The predicted molar refractivity (Wildman–Crippen MR) is 73.2 cm³/mol. The van der Waals surface area contributed by atoms with Gasteiger partial charge < -0.3 is 19.7 Å². The molecule has 2 aromatic rings. The number of aldehydes is 1. The molecule has 1 heterocycles. The maximum atomic E-state index is 11.0. The minimum Gasteiger partial charge on any atom is -0.461 e. The van der Waals surface area contributed by atoms with Crippen LogP contribution in [-0.2, 0) is 16.0 Å². The fourth-order valence-corrected chi connectivity index (χ4v) is 1.73. The number of carbonyl (C=O) groups is 2. The van der Waals surface area contributed by atoms with Crippen LogP contribution in [0.1, 0.15) is 12.2 Å². The van der Waals surface area contributed by atoms with Gasteiger partial charge in [-0.3, -0.25) is 4.79 Å². The van der Waals surface area contributed by atoms with Gasteiger partial charge in [0.2, 0.25) is 0 Å². The van der Waals surface area contributed by atoms with Crippen molar-refractivity contribution in [2.45, 2.75) is 12.8 Å². The van der Waals surface area contributed by atoms with Gasteiger partial charge in [0.15, 0.2) is 0 Å². The molecule has 104 valence electrons. The largest absolute Gasteiger partial charge is 0.461 e. The van der Waals surface area contributed by atoms with Crippen molar-refractivity contribution in [1.82, 2.24) is 0 Å². The average molecular weight is 273 g/mol. The highest BCUT2D eigenvalue weighted by atomic mass is 16.5. The first kappa shape index (κ1) is 14.0. The lowest BCUT2D eigenvalue weighted by Gasteiger charge is -2.03. The fraction of sp³-hybridized carbons (Fsp3) is 0.200. The van der Waals surface area contributed by atoms with Gasteiger partial charge in [0.05, 0.1) is 6.54 Å². The molecule has 0 aliphatic rings. The first-order valence-electron chi connectivity index (χ1n) is 6.26. The molecule has 20 heavy (non-hydrogen) atoms. The van der Waals surface area contributed by atoms with E-state index in [1.54, 1.807) is 24.3 Å². The highest BCUT2D eigenvalue weighted by Crippen LogP contribution is 2.25. The lowest BCUT2D eigenvalue weighted by Crippen LogP contribution is -2.19. The van der Waals surface area contributed by atoms with Crippen molar-refractivity contribution in [1.29, 1.82) is 0 Å². The van der Waals surface area contributed by atoms with Gasteiger partial charge in [-0.1, -0.05) is 0 Å². The summed E-state index contributed by atoms with van der Waals surface area (Å²) in [6, 6.07) is 10.6. The van der Waals surface area contributed by atoms with E-state index >= 15 is 0 Å². The second kappa shape index (κ2) is 6.68. The lowest BCUT2D eigenvalue weighted by molar-refractivity contribution is -0.132. The van der Waals surface area contributed by atoms with Crippen LogP contribution in [0.15, 0.2) is 40.8 Å². The number of benzene rings is 1. The van der Waals surface area contributed by atoms with E-state index in [0.29, 0.717) is 24.4 Å². The van der Waals surface area contributed by atoms with Crippen molar-refractivity contribution < 1.29 is 18.7 Å². The van der Waals surface area contributed by atoms with Gasteiger partial charge in [-0.15, -0.1) is 0 Å². The molecule has 0 amide bonds. The third-order valence-electron chi connectivity index (χ3n) is 2.71. The summed E-state index contributed by atoms with van der Waals surface area (Å²) in [6.07, 6.45) is 1.90. The van der Waals surface area contributed by atoms with Crippen LogP contribution in [0.3, 0.4) is 0 Å². The van der Waals surface area contributed by atoms with Crippen LogP contribution in [0.2, 0.25) is 0 Å². The first-order chi connectivity index (χ1) is 9.72. The molecular formula is C15H15NO4. The molecule has 0 bridgehead atoms. The normalized spacial score (nSPS) is 10.2. The summed E-state index contributed by atoms with van der Waals surface area (Å²) in [7, 11) is 0. The van der Waals surface area contributed by atoms with Gasteiger partial charge in [0.25, 0.3) is 0 Å². The summed E-state index contributed by atoms with van der Waals surface area (Å²) in [5.41, 5.74) is 6.04.